The number of rotatable bonds is 0. The van der Waals surface area contributed by atoms with E-state index < -0.39 is 9.05 Å². The lowest BCUT2D eigenvalue weighted by Gasteiger charge is -1.88. The Bertz CT molecular complexity index is 451. The largest absolute Gasteiger partial charge is 0.301 e. The number of hydrogen-bond acceptors (Lipinski definition) is 2. The predicted molar refractivity (Wildman–Crippen MR) is 53.1 cm³/mol. The van der Waals surface area contributed by atoms with E-state index in [4.69, 9.17) is 22.3 Å². The molecule has 1 aromatic carbocycles. The highest BCUT2D eigenvalue weighted by Gasteiger charge is 1.95. The molecule has 0 aliphatic carbocycles. The molecule has 1 rings (SSSR count). The minimum Gasteiger partial charge on any atom is -0.198 e. The Morgan fingerprint density at radius 3 is 2.15 bits per heavy atom. The smallest absolute Gasteiger partial charge is 0.198 e. The fourth-order valence-corrected chi connectivity index (χ4v) is 1.13. The van der Waals surface area contributed by atoms with Crippen LogP contribution in [0.1, 0.15) is 5.56 Å². The Kier molecular flexibility index (Phi) is 3.21. The Labute approximate surface area is 85.9 Å². The molecule has 13 heavy (non-hydrogen) atoms. The van der Waals surface area contributed by atoms with Crippen molar-refractivity contribution in [2.24, 2.45) is 0 Å². The fourth-order valence-electron chi connectivity index (χ4n) is 0.653. The summed E-state index contributed by atoms with van der Waals surface area (Å²) >= 11 is 5.61. The van der Waals surface area contributed by atoms with Crippen molar-refractivity contribution in [1.29, 1.82) is 0 Å². The first kappa shape index (κ1) is 10.4. The lowest BCUT2D eigenvalue weighted by Crippen LogP contribution is -1.80. The molecule has 2 nitrogen and oxygen atoms in total. The maximum Gasteiger partial charge on any atom is 0.301 e. The number of benzene rings is 1. The van der Waals surface area contributed by atoms with E-state index in [-0.39, 0.29) is 0 Å². The van der Waals surface area contributed by atoms with Crippen molar-refractivity contribution in [1.82, 2.24) is 0 Å². The average Bonchev–Trinajstić information content (AvgIpc) is 2.02. The van der Waals surface area contributed by atoms with E-state index in [0.29, 0.717) is 10.6 Å². The first-order valence-electron chi connectivity index (χ1n) is 3.20. The molecule has 0 amide bonds. The number of halogens is 2. The zero-order valence-corrected chi connectivity index (χ0v) is 8.62. The highest BCUT2D eigenvalue weighted by Crippen LogP contribution is 2.08. The van der Waals surface area contributed by atoms with E-state index in [1.165, 1.54) is 0 Å². The second-order valence-corrected chi connectivity index (χ2v) is 4.91. The van der Waals surface area contributed by atoms with Gasteiger partial charge in [-0.15, -0.1) is 0 Å². The quantitative estimate of drug-likeness (QED) is 0.510. The van der Waals surface area contributed by atoms with Crippen LogP contribution in [0.4, 0.5) is 0 Å². The van der Waals surface area contributed by atoms with Crippen molar-refractivity contribution in [3.05, 3.63) is 34.9 Å². The van der Waals surface area contributed by atoms with Gasteiger partial charge in [-0.3, -0.25) is 0 Å². The molecule has 0 aliphatic rings. The summed E-state index contributed by atoms with van der Waals surface area (Å²) in [6.45, 7) is 0. The van der Waals surface area contributed by atoms with Crippen LogP contribution in [0.3, 0.4) is 0 Å². The van der Waals surface area contributed by atoms with Crippen LogP contribution in [0.2, 0.25) is 5.02 Å². The zero-order chi connectivity index (χ0) is 9.90. The number of hydrogen-bond donors (Lipinski definition) is 0. The molecular weight excluding hydrogens is 231 g/mol. The minimum absolute atomic E-state index is 0.550. The molecular formula is C8H4Cl2O2S. The molecule has 0 unspecified atom stereocenters. The molecule has 0 radical (unpaired) electrons. The van der Waals surface area contributed by atoms with Gasteiger partial charge < -0.3 is 0 Å². The SMILES string of the molecule is O=S(=O)(Cl)C#Cc1ccc(Cl)cc1. The summed E-state index contributed by atoms with van der Waals surface area (Å²) in [6, 6.07) is 6.45. The van der Waals surface area contributed by atoms with Crippen LogP contribution in [-0.2, 0) is 9.05 Å². The van der Waals surface area contributed by atoms with Crippen molar-refractivity contribution in [3.8, 4) is 11.2 Å². The van der Waals surface area contributed by atoms with Crippen LogP contribution < -0.4 is 0 Å². The van der Waals surface area contributed by atoms with Gasteiger partial charge in [-0.2, -0.15) is 8.42 Å². The molecule has 0 aromatic heterocycles. The van der Waals surface area contributed by atoms with Crippen LogP contribution in [0.5, 0.6) is 0 Å². The van der Waals surface area contributed by atoms with E-state index in [1.54, 1.807) is 24.3 Å². The fraction of sp³-hybridized carbons (Fsp3) is 0. The third-order valence-electron chi connectivity index (χ3n) is 1.16. The van der Waals surface area contributed by atoms with Crippen molar-refractivity contribution in [3.63, 3.8) is 0 Å². The standard InChI is InChI=1S/C8H4Cl2O2S/c9-8-3-1-7(2-4-8)5-6-13(10,11)12/h1-4H. The Hall–Kier alpha value is -0.690. The molecule has 0 saturated carbocycles. The van der Waals surface area contributed by atoms with E-state index >= 15 is 0 Å². The second kappa shape index (κ2) is 4.01. The third-order valence-corrected chi connectivity index (χ3v) is 1.99. The Morgan fingerprint density at radius 2 is 1.69 bits per heavy atom. The Balaban J connectivity index is 2.98. The molecule has 0 bridgehead atoms. The molecule has 68 valence electrons. The third kappa shape index (κ3) is 4.18. The molecule has 0 saturated heterocycles. The van der Waals surface area contributed by atoms with Crippen LogP contribution >= 0.6 is 22.3 Å². The van der Waals surface area contributed by atoms with Gasteiger partial charge in [0.25, 0.3) is 0 Å². The van der Waals surface area contributed by atoms with Gasteiger partial charge in [-0.05, 0) is 30.2 Å². The molecule has 0 fully saturated rings. The summed E-state index contributed by atoms with van der Waals surface area (Å²) in [5.41, 5.74) is 0.550. The van der Waals surface area contributed by atoms with Gasteiger partial charge in [0.1, 0.15) is 0 Å². The Morgan fingerprint density at radius 1 is 1.15 bits per heavy atom. The second-order valence-electron chi connectivity index (χ2n) is 2.17. The van der Waals surface area contributed by atoms with Crippen LogP contribution in [-0.4, -0.2) is 8.42 Å². The van der Waals surface area contributed by atoms with Crippen LogP contribution in [0.25, 0.3) is 0 Å². The summed E-state index contributed by atoms with van der Waals surface area (Å²) in [7, 11) is 1.13. The maximum atomic E-state index is 10.4. The predicted octanol–water partition coefficient (Wildman–Crippen LogP) is 2.22. The van der Waals surface area contributed by atoms with Crippen molar-refractivity contribution in [2.45, 2.75) is 0 Å². The normalized spacial score (nSPS) is 10.3. The highest BCUT2D eigenvalue weighted by molar-refractivity contribution is 8.17. The average molecular weight is 235 g/mol. The van der Waals surface area contributed by atoms with E-state index in [0.717, 1.165) is 0 Å². The molecule has 5 heteroatoms. The van der Waals surface area contributed by atoms with Gasteiger partial charge in [0.05, 0.1) is 0 Å². The summed E-state index contributed by atoms with van der Waals surface area (Å²) in [6.07, 6.45) is 0. The van der Waals surface area contributed by atoms with Crippen LogP contribution in [0, 0.1) is 11.2 Å². The molecule has 1 aromatic rings. The zero-order valence-electron chi connectivity index (χ0n) is 6.29. The summed E-state index contributed by atoms with van der Waals surface area (Å²) in [5, 5.41) is 2.47. The molecule has 0 N–H and O–H groups in total. The highest BCUT2D eigenvalue weighted by atomic mass is 35.7. The van der Waals surface area contributed by atoms with Gasteiger partial charge in [-0.1, -0.05) is 11.6 Å². The van der Waals surface area contributed by atoms with E-state index in [1.807, 2.05) is 5.25 Å². The van der Waals surface area contributed by atoms with Gasteiger partial charge in [-0.25, -0.2) is 0 Å². The summed E-state index contributed by atoms with van der Waals surface area (Å²) in [5.74, 6) is 2.38. The monoisotopic (exact) mass is 234 g/mol. The van der Waals surface area contributed by atoms with Crippen LogP contribution in [0.15, 0.2) is 24.3 Å². The van der Waals surface area contributed by atoms with Gasteiger partial charge in [0, 0.05) is 26.5 Å². The van der Waals surface area contributed by atoms with Crippen molar-refractivity contribution < 1.29 is 8.42 Å². The van der Waals surface area contributed by atoms with Crippen molar-refractivity contribution >= 4 is 31.3 Å². The lowest BCUT2D eigenvalue weighted by molar-refractivity contribution is 0.618. The van der Waals surface area contributed by atoms with Gasteiger partial charge >= 0.3 is 9.05 Å². The van der Waals surface area contributed by atoms with Gasteiger partial charge in [0.2, 0.25) is 0 Å². The minimum atomic E-state index is -3.75. The first-order valence-corrected chi connectivity index (χ1v) is 5.89. The van der Waals surface area contributed by atoms with E-state index in [9.17, 15) is 8.42 Å². The molecule has 0 atom stereocenters. The van der Waals surface area contributed by atoms with E-state index in [2.05, 4.69) is 5.92 Å². The molecule has 0 aliphatic heterocycles. The topological polar surface area (TPSA) is 34.1 Å². The molecule has 0 heterocycles. The summed E-state index contributed by atoms with van der Waals surface area (Å²) in [4.78, 5) is 0. The van der Waals surface area contributed by atoms with Gasteiger partial charge in [0.15, 0.2) is 0 Å². The summed E-state index contributed by atoms with van der Waals surface area (Å²) < 4.78 is 20.9. The first-order chi connectivity index (χ1) is 5.97. The lowest BCUT2D eigenvalue weighted by atomic mass is 10.2. The molecule has 0 spiro atoms. The van der Waals surface area contributed by atoms with Crippen molar-refractivity contribution in [2.75, 3.05) is 0 Å². The maximum absolute atomic E-state index is 10.4.